The SMILES string of the molecule is CCCc1c(Cl)ncnc1NCC1(C(C)C)CC1. The molecule has 0 saturated heterocycles. The molecule has 0 spiro atoms. The van der Waals surface area contributed by atoms with E-state index in [1.165, 1.54) is 12.8 Å². The third kappa shape index (κ3) is 2.77. The topological polar surface area (TPSA) is 37.8 Å². The molecule has 1 aliphatic rings. The zero-order valence-electron chi connectivity index (χ0n) is 11.5. The third-order valence-electron chi connectivity index (χ3n) is 4.12. The van der Waals surface area contributed by atoms with E-state index in [4.69, 9.17) is 11.6 Å². The van der Waals surface area contributed by atoms with Crippen LogP contribution in [0.2, 0.25) is 5.15 Å². The van der Waals surface area contributed by atoms with Crippen LogP contribution in [0.15, 0.2) is 6.33 Å². The van der Waals surface area contributed by atoms with Crippen molar-refractivity contribution in [3.63, 3.8) is 0 Å². The summed E-state index contributed by atoms with van der Waals surface area (Å²) in [6.45, 7) is 7.74. The standard InChI is InChI=1S/C14H22ClN3/c1-4-5-11-12(15)17-9-18-13(11)16-8-14(6-7-14)10(2)3/h9-10H,4-8H2,1-3H3,(H,16,17,18). The van der Waals surface area contributed by atoms with Crippen molar-refractivity contribution < 1.29 is 0 Å². The summed E-state index contributed by atoms with van der Waals surface area (Å²) in [5.41, 5.74) is 1.53. The minimum Gasteiger partial charge on any atom is -0.369 e. The Balaban J connectivity index is 2.07. The fourth-order valence-electron chi connectivity index (χ4n) is 2.39. The predicted molar refractivity (Wildman–Crippen MR) is 76.0 cm³/mol. The molecule has 18 heavy (non-hydrogen) atoms. The molecule has 0 amide bonds. The highest BCUT2D eigenvalue weighted by molar-refractivity contribution is 6.30. The Kier molecular flexibility index (Phi) is 4.10. The summed E-state index contributed by atoms with van der Waals surface area (Å²) in [6, 6.07) is 0. The quantitative estimate of drug-likeness (QED) is 0.794. The Morgan fingerprint density at radius 3 is 2.67 bits per heavy atom. The van der Waals surface area contributed by atoms with Crippen LogP contribution in [0.1, 0.15) is 45.6 Å². The lowest BCUT2D eigenvalue weighted by Crippen LogP contribution is -2.22. The molecule has 3 nitrogen and oxygen atoms in total. The fraction of sp³-hybridized carbons (Fsp3) is 0.714. The molecule has 0 unspecified atom stereocenters. The number of rotatable bonds is 6. The van der Waals surface area contributed by atoms with Crippen molar-refractivity contribution in [3.8, 4) is 0 Å². The highest BCUT2D eigenvalue weighted by Gasteiger charge is 2.45. The van der Waals surface area contributed by atoms with Gasteiger partial charge in [0, 0.05) is 12.1 Å². The summed E-state index contributed by atoms with van der Waals surface area (Å²) < 4.78 is 0. The maximum absolute atomic E-state index is 6.15. The van der Waals surface area contributed by atoms with Crippen LogP contribution in [0.3, 0.4) is 0 Å². The summed E-state index contributed by atoms with van der Waals surface area (Å²) in [4.78, 5) is 8.41. The molecule has 1 fully saturated rings. The molecular weight excluding hydrogens is 246 g/mol. The van der Waals surface area contributed by atoms with E-state index >= 15 is 0 Å². The fourth-order valence-corrected chi connectivity index (χ4v) is 2.62. The van der Waals surface area contributed by atoms with Gasteiger partial charge in [0.05, 0.1) is 0 Å². The van der Waals surface area contributed by atoms with Crippen LogP contribution in [-0.4, -0.2) is 16.5 Å². The van der Waals surface area contributed by atoms with Crippen molar-refractivity contribution in [1.29, 1.82) is 0 Å². The second kappa shape index (κ2) is 5.43. The molecule has 0 bridgehead atoms. The number of aromatic nitrogens is 2. The number of hydrogen-bond acceptors (Lipinski definition) is 3. The number of hydrogen-bond donors (Lipinski definition) is 1. The first-order valence-electron chi connectivity index (χ1n) is 6.82. The highest BCUT2D eigenvalue weighted by atomic mass is 35.5. The van der Waals surface area contributed by atoms with Gasteiger partial charge in [-0.05, 0) is 30.6 Å². The maximum atomic E-state index is 6.15. The molecule has 1 aromatic heterocycles. The van der Waals surface area contributed by atoms with E-state index in [0.717, 1.165) is 36.7 Å². The molecule has 0 aromatic carbocycles. The lowest BCUT2D eigenvalue weighted by molar-refractivity contribution is 0.379. The summed E-state index contributed by atoms with van der Waals surface area (Å²) in [7, 11) is 0. The molecule has 4 heteroatoms. The zero-order chi connectivity index (χ0) is 13.2. The molecule has 1 heterocycles. The van der Waals surface area contributed by atoms with Crippen LogP contribution in [-0.2, 0) is 6.42 Å². The third-order valence-corrected chi connectivity index (χ3v) is 4.44. The van der Waals surface area contributed by atoms with Gasteiger partial charge in [0.1, 0.15) is 17.3 Å². The average Bonchev–Trinajstić information content (AvgIpc) is 3.11. The first kappa shape index (κ1) is 13.6. The molecule has 100 valence electrons. The lowest BCUT2D eigenvalue weighted by atomic mass is 9.92. The zero-order valence-corrected chi connectivity index (χ0v) is 12.2. The normalized spacial score (nSPS) is 16.9. The monoisotopic (exact) mass is 267 g/mol. The van der Waals surface area contributed by atoms with Gasteiger partial charge < -0.3 is 5.32 Å². The minimum atomic E-state index is 0.473. The molecule has 0 aliphatic heterocycles. The molecule has 1 aliphatic carbocycles. The van der Waals surface area contributed by atoms with Crippen LogP contribution in [0.25, 0.3) is 0 Å². The van der Waals surface area contributed by atoms with Gasteiger partial charge in [-0.15, -0.1) is 0 Å². The van der Waals surface area contributed by atoms with Crippen LogP contribution >= 0.6 is 11.6 Å². The number of nitrogens with zero attached hydrogens (tertiary/aromatic N) is 2. The minimum absolute atomic E-state index is 0.473. The summed E-state index contributed by atoms with van der Waals surface area (Å²) in [5, 5.41) is 4.07. The van der Waals surface area contributed by atoms with Gasteiger partial charge in [-0.2, -0.15) is 0 Å². The van der Waals surface area contributed by atoms with Crippen LogP contribution in [0.4, 0.5) is 5.82 Å². The van der Waals surface area contributed by atoms with Crippen LogP contribution in [0.5, 0.6) is 0 Å². The van der Waals surface area contributed by atoms with E-state index in [9.17, 15) is 0 Å². The molecule has 1 aromatic rings. The Labute approximate surface area is 114 Å². The van der Waals surface area contributed by atoms with E-state index in [0.29, 0.717) is 10.6 Å². The van der Waals surface area contributed by atoms with E-state index in [1.807, 2.05) is 0 Å². The maximum Gasteiger partial charge on any atom is 0.137 e. The Bertz CT molecular complexity index is 414. The van der Waals surface area contributed by atoms with Gasteiger partial charge in [-0.25, -0.2) is 9.97 Å². The van der Waals surface area contributed by atoms with Crippen molar-refractivity contribution in [3.05, 3.63) is 17.0 Å². The van der Waals surface area contributed by atoms with Crippen molar-refractivity contribution in [2.24, 2.45) is 11.3 Å². The van der Waals surface area contributed by atoms with E-state index in [2.05, 4.69) is 36.1 Å². The van der Waals surface area contributed by atoms with E-state index in [-0.39, 0.29) is 0 Å². The summed E-state index contributed by atoms with van der Waals surface area (Å²) in [5.74, 6) is 1.64. The average molecular weight is 268 g/mol. The first-order chi connectivity index (χ1) is 8.59. The number of anilines is 1. The second-order valence-corrected chi connectivity index (χ2v) is 5.97. The van der Waals surface area contributed by atoms with E-state index in [1.54, 1.807) is 6.33 Å². The van der Waals surface area contributed by atoms with Gasteiger partial charge >= 0.3 is 0 Å². The predicted octanol–water partition coefficient (Wildman–Crippen LogP) is 3.93. The molecule has 0 radical (unpaired) electrons. The number of halogens is 1. The van der Waals surface area contributed by atoms with Gasteiger partial charge in [0.25, 0.3) is 0 Å². The van der Waals surface area contributed by atoms with Crippen LogP contribution in [0, 0.1) is 11.3 Å². The molecular formula is C14H22ClN3. The van der Waals surface area contributed by atoms with Gasteiger partial charge in [-0.1, -0.05) is 38.8 Å². The summed E-state index contributed by atoms with van der Waals surface area (Å²) >= 11 is 6.15. The van der Waals surface area contributed by atoms with Gasteiger partial charge in [0.15, 0.2) is 0 Å². The Morgan fingerprint density at radius 2 is 2.11 bits per heavy atom. The van der Waals surface area contributed by atoms with Crippen molar-refractivity contribution >= 4 is 17.4 Å². The van der Waals surface area contributed by atoms with Gasteiger partial charge in [-0.3, -0.25) is 0 Å². The lowest BCUT2D eigenvalue weighted by Gasteiger charge is -2.21. The van der Waals surface area contributed by atoms with Gasteiger partial charge in [0.2, 0.25) is 0 Å². The molecule has 1 saturated carbocycles. The molecule has 2 rings (SSSR count). The number of nitrogens with one attached hydrogen (secondary N) is 1. The largest absolute Gasteiger partial charge is 0.369 e. The highest BCUT2D eigenvalue weighted by Crippen LogP contribution is 2.51. The smallest absolute Gasteiger partial charge is 0.137 e. The molecule has 1 N–H and O–H groups in total. The van der Waals surface area contributed by atoms with Crippen molar-refractivity contribution in [2.75, 3.05) is 11.9 Å². The van der Waals surface area contributed by atoms with Crippen molar-refractivity contribution in [1.82, 2.24) is 9.97 Å². The Hall–Kier alpha value is -0.830. The first-order valence-corrected chi connectivity index (χ1v) is 7.20. The Morgan fingerprint density at radius 1 is 1.39 bits per heavy atom. The summed E-state index contributed by atoms with van der Waals surface area (Å²) in [6.07, 6.45) is 6.16. The second-order valence-electron chi connectivity index (χ2n) is 5.61. The van der Waals surface area contributed by atoms with Crippen LogP contribution < -0.4 is 5.32 Å². The van der Waals surface area contributed by atoms with Crippen molar-refractivity contribution in [2.45, 2.75) is 46.5 Å². The van der Waals surface area contributed by atoms with E-state index < -0.39 is 0 Å². The molecule has 0 atom stereocenters.